The van der Waals surface area contributed by atoms with Gasteiger partial charge in [0.2, 0.25) is 5.43 Å². The van der Waals surface area contributed by atoms with Gasteiger partial charge in [-0.15, -0.1) is 0 Å². The zero-order chi connectivity index (χ0) is 22.5. The molecule has 3 aromatic rings. The fourth-order valence-corrected chi connectivity index (χ4v) is 2.88. The van der Waals surface area contributed by atoms with Gasteiger partial charge in [-0.1, -0.05) is 24.3 Å². The highest BCUT2D eigenvalue weighted by Crippen LogP contribution is 2.21. The van der Waals surface area contributed by atoms with Crippen molar-refractivity contribution in [1.29, 1.82) is 0 Å². The summed E-state index contributed by atoms with van der Waals surface area (Å²) >= 11 is 0. The summed E-state index contributed by atoms with van der Waals surface area (Å²) in [5.74, 6) is -1.33. The molecule has 0 bridgehead atoms. The lowest BCUT2D eigenvalue weighted by Gasteiger charge is -2.15. The third-order valence-electron chi connectivity index (χ3n) is 4.25. The number of nitrogens with one attached hydrogen (secondary N) is 3. The highest BCUT2D eigenvalue weighted by Gasteiger charge is 2.18. The second-order valence-electron chi connectivity index (χ2n) is 7.11. The van der Waals surface area contributed by atoms with Crippen molar-refractivity contribution in [2.24, 2.45) is 0 Å². The lowest BCUT2D eigenvalue weighted by atomic mass is 10.2. The van der Waals surface area contributed by atoms with Gasteiger partial charge in [-0.25, -0.2) is 13.9 Å². The fraction of sp³-hybridized carbons (Fsp3) is 0.182. The number of aromatic nitrogens is 2. The number of carbonyl (C=O) groups is 2. The molecule has 1 aromatic heterocycles. The Morgan fingerprint density at radius 2 is 1.61 bits per heavy atom. The van der Waals surface area contributed by atoms with Crippen LogP contribution in [0.1, 0.15) is 30.0 Å². The molecule has 3 N–H and O–H groups in total. The molecule has 0 spiro atoms. The molecule has 0 aliphatic rings. The van der Waals surface area contributed by atoms with Gasteiger partial charge >= 0.3 is 6.03 Å². The predicted molar refractivity (Wildman–Crippen MR) is 116 cm³/mol. The molecular weight excluding hydrogens is 401 g/mol. The number of anilines is 2. The summed E-state index contributed by atoms with van der Waals surface area (Å²) in [7, 11) is 0. The summed E-state index contributed by atoms with van der Waals surface area (Å²) in [6.45, 7) is 5.23. The van der Waals surface area contributed by atoms with Gasteiger partial charge in [0.1, 0.15) is 11.5 Å². The van der Waals surface area contributed by atoms with E-state index >= 15 is 0 Å². The van der Waals surface area contributed by atoms with Crippen LogP contribution in [0.3, 0.4) is 0 Å². The van der Waals surface area contributed by atoms with Gasteiger partial charge in [0.15, 0.2) is 5.69 Å². The van der Waals surface area contributed by atoms with Crippen molar-refractivity contribution in [3.05, 3.63) is 82.0 Å². The minimum absolute atomic E-state index is 0.0737. The van der Waals surface area contributed by atoms with Crippen LogP contribution in [-0.4, -0.2) is 27.8 Å². The fourth-order valence-electron chi connectivity index (χ4n) is 2.88. The lowest BCUT2D eigenvalue weighted by Crippen LogP contribution is -2.34. The Labute approximate surface area is 178 Å². The van der Waals surface area contributed by atoms with E-state index in [1.807, 2.05) is 13.8 Å². The number of aryl methyl sites for hydroxylation is 1. The molecule has 1 heterocycles. The molecule has 0 saturated heterocycles. The predicted octanol–water partition coefficient (Wildman–Crippen LogP) is 3.46. The number of rotatable bonds is 5. The van der Waals surface area contributed by atoms with Crippen LogP contribution >= 0.6 is 0 Å². The van der Waals surface area contributed by atoms with Crippen molar-refractivity contribution >= 4 is 23.3 Å². The van der Waals surface area contributed by atoms with Gasteiger partial charge in [-0.2, -0.15) is 5.10 Å². The molecule has 0 unspecified atom stereocenters. The molecule has 3 rings (SSSR count). The average molecular weight is 423 g/mol. The Morgan fingerprint density at radius 3 is 2.26 bits per heavy atom. The quantitative estimate of drug-likeness (QED) is 0.584. The van der Waals surface area contributed by atoms with Gasteiger partial charge in [0.25, 0.3) is 5.91 Å². The molecule has 0 fully saturated rings. The maximum atomic E-state index is 14.2. The molecule has 9 heteroatoms. The Hall–Kier alpha value is -4.01. The SMILES string of the molecule is Cc1cc(=O)c(C(=O)Nc2ccccc2NC(=O)NC(C)C)nn1-c1ccccc1F. The lowest BCUT2D eigenvalue weighted by molar-refractivity contribution is 0.101. The van der Waals surface area contributed by atoms with Crippen LogP contribution in [0.25, 0.3) is 5.69 Å². The van der Waals surface area contributed by atoms with E-state index in [1.165, 1.54) is 28.9 Å². The van der Waals surface area contributed by atoms with E-state index in [1.54, 1.807) is 37.3 Å². The van der Waals surface area contributed by atoms with Crippen LogP contribution in [-0.2, 0) is 0 Å². The Bertz CT molecular complexity index is 1190. The van der Waals surface area contributed by atoms with E-state index in [4.69, 9.17) is 0 Å². The third kappa shape index (κ3) is 5.13. The van der Waals surface area contributed by atoms with Crippen LogP contribution < -0.4 is 21.4 Å². The second kappa shape index (κ2) is 9.21. The summed E-state index contributed by atoms with van der Waals surface area (Å²) in [4.78, 5) is 37.3. The molecule has 3 amide bonds. The number of urea groups is 1. The number of halogens is 1. The smallest absolute Gasteiger partial charge is 0.319 e. The molecule has 8 nitrogen and oxygen atoms in total. The summed E-state index contributed by atoms with van der Waals surface area (Å²) in [6, 6.07) is 13.2. The van der Waals surface area contributed by atoms with Gasteiger partial charge < -0.3 is 16.0 Å². The van der Waals surface area contributed by atoms with E-state index in [2.05, 4.69) is 21.0 Å². The number of carbonyl (C=O) groups excluding carboxylic acids is 2. The summed E-state index contributed by atoms with van der Waals surface area (Å²) in [5.41, 5.74) is 0.0996. The van der Waals surface area contributed by atoms with Crippen LogP contribution in [0, 0.1) is 12.7 Å². The molecule has 31 heavy (non-hydrogen) atoms. The zero-order valence-electron chi connectivity index (χ0n) is 17.3. The first-order valence-corrected chi connectivity index (χ1v) is 9.60. The van der Waals surface area contributed by atoms with Crippen molar-refractivity contribution in [2.75, 3.05) is 10.6 Å². The average Bonchev–Trinajstić information content (AvgIpc) is 2.69. The topological polar surface area (TPSA) is 105 Å². The van der Waals surface area contributed by atoms with E-state index in [-0.39, 0.29) is 17.4 Å². The van der Waals surface area contributed by atoms with Crippen LogP contribution in [0.4, 0.5) is 20.6 Å². The minimum Gasteiger partial charge on any atom is -0.336 e. The molecule has 0 saturated carbocycles. The largest absolute Gasteiger partial charge is 0.336 e. The highest BCUT2D eigenvalue weighted by molar-refractivity contribution is 6.06. The van der Waals surface area contributed by atoms with E-state index in [0.29, 0.717) is 11.4 Å². The third-order valence-corrected chi connectivity index (χ3v) is 4.25. The van der Waals surface area contributed by atoms with Crippen molar-refractivity contribution in [2.45, 2.75) is 26.8 Å². The number of para-hydroxylation sites is 3. The number of amides is 3. The summed E-state index contributed by atoms with van der Waals surface area (Å²) in [6.07, 6.45) is 0. The van der Waals surface area contributed by atoms with Gasteiger partial charge in [-0.05, 0) is 45.0 Å². The van der Waals surface area contributed by atoms with Gasteiger partial charge in [-0.3, -0.25) is 9.59 Å². The normalized spacial score (nSPS) is 10.6. The summed E-state index contributed by atoms with van der Waals surface area (Å²) < 4.78 is 15.4. The molecular formula is C22H22FN5O3. The maximum absolute atomic E-state index is 14.2. The van der Waals surface area contributed by atoms with Crippen LogP contribution in [0.2, 0.25) is 0 Å². The van der Waals surface area contributed by atoms with Crippen LogP contribution in [0.15, 0.2) is 59.4 Å². The first-order chi connectivity index (χ1) is 14.8. The minimum atomic E-state index is -0.784. The Kier molecular flexibility index (Phi) is 6.44. The van der Waals surface area contributed by atoms with Crippen molar-refractivity contribution < 1.29 is 14.0 Å². The van der Waals surface area contributed by atoms with Crippen molar-refractivity contribution in [3.63, 3.8) is 0 Å². The van der Waals surface area contributed by atoms with Crippen molar-refractivity contribution in [1.82, 2.24) is 15.1 Å². The highest BCUT2D eigenvalue weighted by atomic mass is 19.1. The second-order valence-corrected chi connectivity index (χ2v) is 7.11. The Morgan fingerprint density at radius 1 is 1.00 bits per heavy atom. The van der Waals surface area contributed by atoms with Crippen molar-refractivity contribution in [3.8, 4) is 5.69 Å². The van der Waals surface area contributed by atoms with Gasteiger partial charge in [0.05, 0.1) is 11.4 Å². The Balaban J connectivity index is 1.92. The molecule has 0 radical (unpaired) electrons. The number of benzene rings is 2. The first kappa shape index (κ1) is 21.7. The number of hydrogen-bond donors (Lipinski definition) is 3. The molecule has 0 aliphatic heterocycles. The zero-order valence-corrected chi connectivity index (χ0v) is 17.3. The van der Waals surface area contributed by atoms with E-state index in [9.17, 15) is 18.8 Å². The number of hydrogen-bond acceptors (Lipinski definition) is 4. The molecule has 0 aliphatic carbocycles. The monoisotopic (exact) mass is 423 g/mol. The van der Waals surface area contributed by atoms with Crippen LogP contribution in [0.5, 0.6) is 0 Å². The van der Waals surface area contributed by atoms with Gasteiger partial charge in [0, 0.05) is 17.8 Å². The maximum Gasteiger partial charge on any atom is 0.319 e. The standard InChI is InChI=1S/C22H22FN5O3/c1-13(2)24-22(31)26-17-10-6-5-9-16(17)25-21(30)20-19(29)12-14(3)28(27-20)18-11-7-4-8-15(18)23/h4-13H,1-3H3,(H,25,30)(H2,24,26,31). The molecule has 160 valence electrons. The number of nitrogens with zero attached hydrogens (tertiary/aromatic N) is 2. The first-order valence-electron chi connectivity index (χ1n) is 9.60. The molecule has 2 aromatic carbocycles. The molecule has 0 atom stereocenters. The summed E-state index contributed by atoms with van der Waals surface area (Å²) in [5, 5.41) is 12.0. The van der Waals surface area contributed by atoms with E-state index < -0.39 is 28.9 Å². The van der Waals surface area contributed by atoms with E-state index in [0.717, 1.165) is 0 Å².